The van der Waals surface area contributed by atoms with Gasteiger partial charge in [-0.25, -0.2) is 4.39 Å². The molecule has 1 saturated heterocycles. The molecule has 1 aromatic heterocycles. The topological polar surface area (TPSA) is 95.0 Å². The Morgan fingerprint density at radius 1 is 1.27 bits per heavy atom. The molecule has 5 aliphatic rings. The quantitative estimate of drug-likeness (QED) is 0.537. The van der Waals surface area contributed by atoms with Crippen LogP contribution in [0.25, 0.3) is 0 Å². The number of amides is 1. The third-order valence-corrected chi connectivity index (χ3v) is 8.99. The van der Waals surface area contributed by atoms with Crippen LogP contribution >= 0.6 is 0 Å². The van der Waals surface area contributed by atoms with E-state index in [1.807, 2.05) is 18.2 Å². The minimum Gasteiger partial charge on any atom is -0.393 e. The Labute approximate surface area is 217 Å². The van der Waals surface area contributed by atoms with Crippen molar-refractivity contribution < 1.29 is 23.8 Å². The number of nitrogens with one attached hydrogen (secondary N) is 1. The number of carbonyl (C=O) groups excluding carboxylic acids is 2. The second-order valence-corrected chi connectivity index (χ2v) is 11.6. The summed E-state index contributed by atoms with van der Waals surface area (Å²) in [4.78, 5) is 35.3. The van der Waals surface area contributed by atoms with Crippen LogP contribution in [0, 0.1) is 11.8 Å². The first-order chi connectivity index (χ1) is 17.9. The highest BCUT2D eigenvalue weighted by atomic mass is 19.1. The maximum Gasteiger partial charge on any atom is 0.258 e. The zero-order valence-electron chi connectivity index (χ0n) is 21.3. The van der Waals surface area contributed by atoms with Crippen LogP contribution in [0.4, 0.5) is 4.39 Å². The number of Topliss-reactive ketones (excluding diaryl/α,β-unsaturated/α-hetero) is 1. The van der Waals surface area contributed by atoms with Crippen molar-refractivity contribution in [2.75, 3.05) is 20.1 Å². The SMILES string of the molecule is CN(CCc1ccccn1)C(=O)C1=CN2C3CCC(O)CC3OC3C(NCC4CC4)C(F)CC(C1=O)C32. The van der Waals surface area contributed by atoms with Gasteiger partial charge in [-0.2, -0.15) is 0 Å². The average Bonchev–Trinajstić information content (AvgIpc) is 3.73. The van der Waals surface area contributed by atoms with Crippen LogP contribution < -0.4 is 5.32 Å². The third kappa shape index (κ3) is 4.81. The van der Waals surface area contributed by atoms with Gasteiger partial charge in [0.05, 0.1) is 42.0 Å². The first-order valence-electron chi connectivity index (χ1n) is 13.8. The molecule has 4 fully saturated rings. The maximum absolute atomic E-state index is 15.7. The Morgan fingerprint density at radius 2 is 2.11 bits per heavy atom. The van der Waals surface area contributed by atoms with Gasteiger partial charge in [0.25, 0.3) is 5.91 Å². The molecule has 0 radical (unpaired) electrons. The number of likely N-dealkylation sites (N-methyl/N-ethyl adjacent to an activating group) is 1. The fraction of sp³-hybridized carbons (Fsp3) is 0.679. The number of aliphatic hydroxyl groups excluding tert-OH is 1. The van der Waals surface area contributed by atoms with Crippen molar-refractivity contribution in [1.82, 2.24) is 20.1 Å². The minimum atomic E-state index is -1.24. The van der Waals surface area contributed by atoms with Gasteiger partial charge in [-0.15, -0.1) is 0 Å². The molecule has 200 valence electrons. The van der Waals surface area contributed by atoms with Crippen LogP contribution in [-0.4, -0.2) is 94.3 Å². The number of morpholine rings is 1. The van der Waals surface area contributed by atoms with E-state index in [2.05, 4.69) is 15.2 Å². The number of aliphatic hydroxyl groups is 1. The van der Waals surface area contributed by atoms with E-state index in [1.165, 1.54) is 0 Å². The largest absolute Gasteiger partial charge is 0.393 e. The Balaban J connectivity index is 1.27. The number of pyridine rings is 1. The summed E-state index contributed by atoms with van der Waals surface area (Å²) in [6.07, 6.45) is 5.85. The monoisotopic (exact) mass is 512 g/mol. The number of alkyl halides is 1. The Hall–Kier alpha value is -2.36. The first-order valence-corrected chi connectivity index (χ1v) is 13.8. The van der Waals surface area contributed by atoms with Gasteiger partial charge in [-0.1, -0.05) is 6.07 Å². The molecule has 0 aromatic carbocycles. The molecule has 3 heterocycles. The van der Waals surface area contributed by atoms with E-state index < -0.39 is 30.3 Å². The van der Waals surface area contributed by atoms with E-state index in [0.29, 0.717) is 38.1 Å². The Morgan fingerprint density at radius 3 is 2.86 bits per heavy atom. The molecular weight excluding hydrogens is 475 g/mol. The Bertz CT molecular complexity index is 1050. The standard InChI is InChI=1S/C28H37FN4O4/c1-32(11-9-17-4-2-3-10-30-17)28(36)20-15-33-22-8-7-18(34)12-23(22)37-27-24(31-14-16-5-6-16)21(29)13-19(25(27)33)26(20)35/h2-4,10,15-16,18-19,21-25,27,31,34H,5-9,11-14H2,1H3. The third-order valence-electron chi connectivity index (χ3n) is 8.99. The highest BCUT2D eigenvalue weighted by molar-refractivity contribution is 6.20. The van der Waals surface area contributed by atoms with Gasteiger partial charge in [-0.05, 0) is 56.7 Å². The molecule has 2 N–H and O–H groups in total. The zero-order chi connectivity index (χ0) is 25.7. The summed E-state index contributed by atoms with van der Waals surface area (Å²) in [5.74, 6) is -0.645. The van der Waals surface area contributed by atoms with Crippen molar-refractivity contribution in [2.45, 2.75) is 87.6 Å². The lowest BCUT2D eigenvalue weighted by Gasteiger charge is -2.59. The average molecular weight is 513 g/mol. The smallest absolute Gasteiger partial charge is 0.258 e. The lowest BCUT2D eigenvalue weighted by molar-refractivity contribution is -0.205. The van der Waals surface area contributed by atoms with E-state index in [-0.39, 0.29) is 41.9 Å². The molecule has 1 aromatic rings. The lowest BCUT2D eigenvalue weighted by Crippen LogP contribution is -2.73. The number of fused-ring (bicyclic) bond motifs is 2. The normalized spacial score (nSPS) is 36.9. The number of nitrogens with zero attached hydrogens (tertiary/aromatic N) is 3. The number of halogens is 1. The molecule has 6 rings (SSSR count). The lowest BCUT2D eigenvalue weighted by atomic mass is 9.69. The maximum atomic E-state index is 15.7. The molecular formula is C28H37FN4O4. The van der Waals surface area contributed by atoms with Crippen molar-refractivity contribution in [3.8, 4) is 0 Å². The zero-order valence-corrected chi connectivity index (χ0v) is 21.3. The molecule has 3 aliphatic carbocycles. The summed E-state index contributed by atoms with van der Waals surface area (Å²) in [6.45, 7) is 1.19. The van der Waals surface area contributed by atoms with Gasteiger partial charge in [0, 0.05) is 50.4 Å². The van der Waals surface area contributed by atoms with Gasteiger partial charge < -0.3 is 25.0 Å². The highest BCUT2D eigenvalue weighted by Crippen LogP contribution is 2.46. The van der Waals surface area contributed by atoms with E-state index in [1.54, 1.807) is 24.3 Å². The summed E-state index contributed by atoms with van der Waals surface area (Å²) in [5.41, 5.74) is 1.01. The Kier molecular flexibility index (Phi) is 6.79. The van der Waals surface area contributed by atoms with Gasteiger partial charge in [0.1, 0.15) is 6.17 Å². The molecule has 0 spiro atoms. The minimum absolute atomic E-state index is 0.0397. The molecule has 9 heteroatoms. The van der Waals surface area contributed by atoms with E-state index >= 15 is 4.39 Å². The fourth-order valence-electron chi connectivity index (χ4n) is 6.74. The molecule has 2 aliphatic heterocycles. The summed E-state index contributed by atoms with van der Waals surface area (Å²) in [7, 11) is 1.70. The van der Waals surface area contributed by atoms with Gasteiger partial charge in [0.2, 0.25) is 0 Å². The molecule has 8 unspecified atom stereocenters. The van der Waals surface area contributed by atoms with Crippen LogP contribution in [0.2, 0.25) is 0 Å². The number of rotatable bonds is 7. The van der Waals surface area contributed by atoms with E-state index in [0.717, 1.165) is 25.1 Å². The van der Waals surface area contributed by atoms with Gasteiger partial charge in [0.15, 0.2) is 5.78 Å². The predicted octanol–water partition coefficient (Wildman–Crippen LogP) is 1.63. The van der Waals surface area contributed by atoms with Gasteiger partial charge >= 0.3 is 0 Å². The van der Waals surface area contributed by atoms with Crippen LogP contribution in [0.3, 0.4) is 0 Å². The van der Waals surface area contributed by atoms with Crippen molar-refractivity contribution in [3.63, 3.8) is 0 Å². The first kappa shape index (κ1) is 24.9. The highest BCUT2D eigenvalue weighted by Gasteiger charge is 2.59. The number of hydrogen-bond donors (Lipinski definition) is 2. The molecule has 3 saturated carbocycles. The van der Waals surface area contributed by atoms with Crippen molar-refractivity contribution >= 4 is 11.7 Å². The second kappa shape index (κ2) is 10.1. The van der Waals surface area contributed by atoms with Crippen molar-refractivity contribution in [1.29, 1.82) is 0 Å². The van der Waals surface area contributed by atoms with Crippen LogP contribution in [0.15, 0.2) is 36.2 Å². The molecule has 1 amide bonds. The van der Waals surface area contributed by atoms with Crippen molar-refractivity contribution in [2.24, 2.45) is 11.8 Å². The van der Waals surface area contributed by atoms with Crippen LogP contribution in [0.5, 0.6) is 0 Å². The van der Waals surface area contributed by atoms with Crippen LogP contribution in [-0.2, 0) is 20.7 Å². The van der Waals surface area contributed by atoms with Crippen molar-refractivity contribution in [3.05, 3.63) is 41.9 Å². The summed E-state index contributed by atoms with van der Waals surface area (Å²) < 4.78 is 22.2. The van der Waals surface area contributed by atoms with Gasteiger partial charge in [-0.3, -0.25) is 14.6 Å². The summed E-state index contributed by atoms with van der Waals surface area (Å²) >= 11 is 0. The number of aromatic nitrogens is 1. The number of ether oxygens (including phenoxy) is 1. The summed E-state index contributed by atoms with van der Waals surface area (Å²) in [6, 6.07) is 4.83. The van der Waals surface area contributed by atoms with E-state index in [9.17, 15) is 14.7 Å². The van der Waals surface area contributed by atoms with E-state index in [4.69, 9.17) is 4.74 Å². The number of hydrogen-bond acceptors (Lipinski definition) is 7. The number of carbonyl (C=O) groups is 2. The number of ketones is 1. The molecule has 8 nitrogen and oxygen atoms in total. The fourth-order valence-corrected chi connectivity index (χ4v) is 6.74. The second-order valence-electron chi connectivity index (χ2n) is 11.6. The molecule has 37 heavy (non-hydrogen) atoms. The molecule has 0 bridgehead atoms. The molecule has 8 atom stereocenters. The predicted molar refractivity (Wildman–Crippen MR) is 134 cm³/mol. The van der Waals surface area contributed by atoms with Crippen LogP contribution in [0.1, 0.15) is 44.2 Å². The summed E-state index contributed by atoms with van der Waals surface area (Å²) in [5, 5.41) is 13.8.